The Bertz CT molecular complexity index is 748. The van der Waals surface area contributed by atoms with Crippen molar-refractivity contribution in [3.05, 3.63) is 46.1 Å². The van der Waals surface area contributed by atoms with E-state index >= 15 is 0 Å². The highest BCUT2D eigenvalue weighted by Gasteiger charge is 2.27. The molecule has 0 bridgehead atoms. The zero-order chi connectivity index (χ0) is 17.7. The second-order valence-electron chi connectivity index (χ2n) is 5.84. The summed E-state index contributed by atoms with van der Waals surface area (Å²) < 4.78 is 0. The van der Waals surface area contributed by atoms with Gasteiger partial charge in [-0.05, 0) is 31.0 Å². The number of rotatable bonds is 7. The van der Waals surface area contributed by atoms with Gasteiger partial charge < -0.3 is 10.4 Å². The normalized spacial score (nSPS) is 11.5. The molecular formula is C17H21N3O4. The van der Waals surface area contributed by atoms with Gasteiger partial charge in [-0.25, -0.2) is 0 Å². The van der Waals surface area contributed by atoms with E-state index in [2.05, 4.69) is 10.3 Å². The van der Waals surface area contributed by atoms with Crippen molar-refractivity contribution < 1.29 is 14.8 Å². The van der Waals surface area contributed by atoms with E-state index in [1.54, 1.807) is 12.1 Å². The number of benzene rings is 1. The van der Waals surface area contributed by atoms with Crippen LogP contribution in [0, 0.1) is 15.5 Å². The number of carbonyl (C=O) groups is 1. The Labute approximate surface area is 139 Å². The summed E-state index contributed by atoms with van der Waals surface area (Å²) in [5.41, 5.74) is 0.142. The van der Waals surface area contributed by atoms with Crippen LogP contribution in [0.25, 0.3) is 10.9 Å². The van der Waals surface area contributed by atoms with Crippen LogP contribution in [0.3, 0.4) is 0 Å². The first-order chi connectivity index (χ1) is 11.5. The van der Waals surface area contributed by atoms with Gasteiger partial charge in [0.25, 0.3) is 11.6 Å². The summed E-state index contributed by atoms with van der Waals surface area (Å²) in [5, 5.41) is 23.9. The van der Waals surface area contributed by atoms with Crippen molar-refractivity contribution in [2.45, 2.75) is 26.7 Å². The number of hydrogen-bond donors (Lipinski definition) is 2. The van der Waals surface area contributed by atoms with Gasteiger partial charge >= 0.3 is 0 Å². The molecule has 0 aliphatic rings. The van der Waals surface area contributed by atoms with Crippen molar-refractivity contribution in [1.82, 2.24) is 10.3 Å². The van der Waals surface area contributed by atoms with E-state index in [1.165, 1.54) is 18.3 Å². The summed E-state index contributed by atoms with van der Waals surface area (Å²) in [6.45, 7) is 4.25. The molecule has 128 valence electrons. The minimum atomic E-state index is -0.489. The number of nitro groups is 1. The van der Waals surface area contributed by atoms with Gasteiger partial charge in [-0.2, -0.15) is 0 Å². The maximum atomic E-state index is 12.5. The molecule has 0 aliphatic carbocycles. The standard InChI is InChI=1S/C17H21N3O4/c1-3-17(4-2,11-21)10-19-16(22)13-7-8-14(20(23)24)12-6-5-9-18-15(12)13/h5-9,21H,3-4,10-11H2,1-2H3,(H,19,22). The van der Waals surface area contributed by atoms with Gasteiger partial charge in [0.1, 0.15) is 0 Å². The molecule has 0 saturated carbocycles. The first-order valence-electron chi connectivity index (χ1n) is 7.89. The third-order valence-corrected chi connectivity index (χ3v) is 4.65. The molecule has 7 heteroatoms. The summed E-state index contributed by atoms with van der Waals surface area (Å²) in [5.74, 6) is -0.353. The van der Waals surface area contributed by atoms with Crippen molar-refractivity contribution >= 4 is 22.5 Å². The van der Waals surface area contributed by atoms with Gasteiger partial charge in [0.2, 0.25) is 0 Å². The zero-order valence-electron chi connectivity index (χ0n) is 13.8. The average molecular weight is 331 g/mol. The molecule has 0 spiro atoms. The molecule has 24 heavy (non-hydrogen) atoms. The summed E-state index contributed by atoms with van der Waals surface area (Å²) in [7, 11) is 0. The van der Waals surface area contributed by atoms with E-state index in [1.807, 2.05) is 13.8 Å². The monoisotopic (exact) mass is 331 g/mol. The van der Waals surface area contributed by atoms with Crippen molar-refractivity contribution in [3.8, 4) is 0 Å². The molecule has 0 saturated heterocycles. The number of amides is 1. The van der Waals surface area contributed by atoms with E-state index in [0.717, 1.165) is 12.8 Å². The van der Waals surface area contributed by atoms with Crippen LogP contribution in [0.1, 0.15) is 37.0 Å². The zero-order valence-corrected chi connectivity index (χ0v) is 13.8. The van der Waals surface area contributed by atoms with Crippen LogP contribution in [-0.2, 0) is 0 Å². The fraction of sp³-hybridized carbons (Fsp3) is 0.412. The van der Waals surface area contributed by atoms with E-state index in [9.17, 15) is 20.0 Å². The predicted octanol–water partition coefficient (Wildman–Crippen LogP) is 2.67. The fourth-order valence-corrected chi connectivity index (χ4v) is 2.64. The number of nitrogens with one attached hydrogen (secondary N) is 1. The number of pyridine rings is 1. The summed E-state index contributed by atoms with van der Waals surface area (Å²) in [4.78, 5) is 27.3. The Morgan fingerprint density at radius 2 is 2.04 bits per heavy atom. The second-order valence-corrected chi connectivity index (χ2v) is 5.84. The number of aliphatic hydroxyl groups is 1. The molecule has 2 rings (SSSR count). The molecule has 0 atom stereocenters. The molecule has 0 aliphatic heterocycles. The number of aromatic nitrogens is 1. The minimum Gasteiger partial charge on any atom is -0.396 e. The number of carbonyl (C=O) groups excluding carboxylic acids is 1. The first-order valence-corrected chi connectivity index (χ1v) is 7.89. The van der Waals surface area contributed by atoms with Crippen LogP contribution in [0.15, 0.2) is 30.5 Å². The smallest absolute Gasteiger partial charge is 0.278 e. The molecule has 2 N–H and O–H groups in total. The number of hydrogen-bond acceptors (Lipinski definition) is 5. The van der Waals surface area contributed by atoms with Crippen molar-refractivity contribution in [1.29, 1.82) is 0 Å². The van der Waals surface area contributed by atoms with Gasteiger partial charge in [-0.15, -0.1) is 0 Å². The second kappa shape index (κ2) is 7.35. The molecule has 1 aromatic heterocycles. The molecule has 0 radical (unpaired) electrons. The topological polar surface area (TPSA) is 105 Å². The minimum absolute atomic E-state index is 0.0143. The van der Waals surface area contributed by atoms with Crippen LogP contribution in [-0.4, -0.2) is 34.1 Å². The average Bonchev–Trinajstić information content (AvgIpc) is 2.62. The Kier molecular flexibility index (Phi) is 5.46. The van der Waals surface area contributed by atoms with Crippen LogP contribution in [0.2, 0.25) is 0 Å². The van der Waals surface area contributed by atoms with Gasteiger partial charge in [0.15, 0.2) is 0 Å². The molecule has 7 nitrogen and oxygen atoms in total. The van der Waals surface area contributed by atoms with Crippen molar-refractivity contribution in [3.63, 3.8) is 0 Å². The van der Waals surface area contributed by atoms with Crippen LogP contribution >= 0.6 is 0 Å². The Morgan fingerprint density at radius 1 is 1.33 bits per heavy atom. The molecule has 1 aromatic carbocycles. The third-order valence-electron chi connectivity index (χ3n) is 4.65. The van der Waals surface area contributed by atoms with E-state index in [-0.39, 0.29) is 29.2 Å². The molecule has 2 aromatic rings. The maximum absolute atomic E-state index is 12.5. The highest BCUT2D eigenvalue weighted by Crippen LogP contribution is 2.28. The lowest BCUT2D eigenvalue weighted by Crippen LogP contribution is -2.39. The van der Waals surface area contributed by atoms with E-state index < -0.39 is 4.92 Å². The number of non-ortho nitro benzene ring substituents is 1. The number of aliphatic hydroxyl groups excluding tert-OH is 1. The third kappa shape index (κ3) is 3.35. The van der Waals surface area contributed by atoms with E-state index in [4.69, 9.17) is 0 Å². The van der Waals surface area contributed by atoms with Gasteiger partial charge in [0.05, 0.1) is 28.0 Å². The number of nitro benzene ring substituents is 1. The highest BCUT2D eigenvalue weighted by molar-refractivity contribution is 6.07. The Morgan fingerprint density at radius 3 is 2.62 bits per heavy atom. The molecule has 1 amide bonds. The lowest BCUT2D eigenvalue weighted by Gasteiger charge is -2.29. The van der Waals surface area contributed by atoms with Crippen molar-refractivity contribution in [2.24, 2.45) is 5.41 Å². The van der Waals surface area contributed by atoms with Crippen LogP contribution < -0.4 is 5.32 Å². The molecule has 0 unspecified atom stereocenters. The number of fused-ring (bicyclic) bond motifs is 1. The summed E-state index contributed by atoms with van der Waals surface area (Å²) >= 11 is 0. The Hall–Kier alpha value is -2.54. The van der Waals surface area contributed by atoms with Crippen molar-refractivity contribution in [2.75, 3.05) is 13.2 Å². The fourth-order valence-electron chi connectivity index (χ4n) is 2.64. The van der Waals surface area contributed by atoms with Crippen LogP contribution in [0.4, 0.5) is 5.69 Å². The molecule has 0 fully saturated rings. The lowest BCUT2D eigenvalue weighted by molar-refractivity contribution is -0.383. The van der Waals surface area contributed by atoms with Crippen LogP contribution in [0.5, 0.6) is 0 Å². The first kappa shape index (κ1) is 17.8. The quantitative estimate of drug-likeness (QED) is 0.599. The highest BCUT2D eigenvalue weighted by atomic mass is 16.6. The van der Waals surface area contributed by atoms with Gasteiger partial charge in [-0.1, -0.05) is 13.8 Å². The van der Waals surface area contributed by atoms with Gasteiger partial charge in [0, 0.05) is 24.2 Å². The molecular weight excluding hydrogens is 310 g/mol. The summed E-state index contributed by atoms with van der Waals surface area (Å²) in [6.07, 6.45) is 2.97. The maximum Gasteiger partial charge on any atom is 0.278 e. The summed E-state index contributed by atoms with van der Waals surface area (Å²) in [6, 6.07) is 5.91. The van der Waals surface area contributed by atoms with Gasteiger partial charge in [-0.3, -0.25) is 19.9 Å². The SMILES string of the molecule is CCC(CC)(CO)CNC(=O)c1ccc([N+](=O)[O-])c2cccnc12. The predicted molar refractivity (Wildman–Crippen MR) is 90.8 cm³/mol. The number of nitrogens with zero attached hydrogens (tertiary/aromatic N) is 2. The Balaban J connectivity index is 2.34. The molecule has 1 heterocycles. The largest absolute Gasteiger partial charge is 0.396 e. The van der Waals surface area contributed by atoms with E-state index in [0.29, 0.717) is 17.4 Å². The lowest BCUT2D eigenvalue weighted by atomic mass is 9.83.